The molecule has 142 valence electrons. The summed E-state index contributed by atoms with van der Waals surface area (Å²) in [5, 5.41) is 6.73. The van der Waals surface area contributed by atoms with E-state index in [9.17, 15) is 4.79 Å². The highest BCUT2D eigenvalue weighted by Gasteiger charge is 2.27. The number of hydrogen-bond acceptors (Lipinski definition) is 4. The lowest BCUT2D eigenvalue weighted by Gasteiger charge is -2.36. The van der Waals surface area contributed by atoms with E-state index in [4.69, 9.17) is 4.74 Å². The molecule has 1 fully saturated rings. The SMILES string of the molecule is CC(C)C(CNC1CCCCC1CNC(=O)OC(C)(C)C)N(C)C. The van der Waals surface area contributed by atoms with Gasteiger partial charge in [0.1, 0.15) is 5.60 Å². The summed E-state index contributed by atoms with van der Waals surface area (Å²) >= 11 is 0. The molecule has 0 bridgehead atoms. The summed E-state index contributed by atoms with van der Waals surface area (Å²) in [5.74, 6) is 1.11. The predicted molar refractivity (Wildman–Crippen MR) is 100 cm³/mol. The Morgan fingerprint density at radius 2 is 1.83 bits per heavy atom. The van der Waals surface area contributed by atoms with Gasteiger partial charge in [0.2, 0.25) is 0 Å². The van der Waals surface area contributed by atoms with E-state index in [1.807, 2.05) is 20.8 Å². The van der Waals surface area contributed by atoms with Gasteiger partial charge < -0.3 is 20.3 Å². The topological polar surface area (TPSA) is 53.6 Å². The molecule has 3 unspecified atom stereocenters. The van der Waals surface area contributed by atoms with Crippen LogP contribution < -0.4 is 10.6 Å². The summed E-state index contributed by atoms with van der Waals surface area (Å²) in [7, 11) is 4.30. The average molecular weight is 342 g/mol. The zero-order chi connectivity index (χ0) is 18.3. The standard InChI is InChI=1S/C19H39N3O2/c1-14(2)17(22(6)7)13-20-16-11-9-8-10-15(16)12-21-18(23)24-19(3,4)5/h14-17,20H,8-13H2,1-7H3,(H,21,23). The van der Waals surface area contributed by atoms with E-state index in [0.29, 0.717) is 30.5 Å². The third-order valence-electron chi connectivity index (χ3n) is 4.84. The van der Waals surface area contributed by atoms with Gasteiger partial charge >= 0.3 is 6.09 Å². The normalized spacial score (nSPS) is 23.4. The third kappa shape index (κ3) is 7.84. The molecule has 1 aliphatic carbocycles. The second kappa shape index (κ2) is 9.62. The molecule has 5 nitrogen and oxygen atoms in total. The van der Waals surface area contributed by atoms with Gasteiger partial charge in [-0.1, -0.05) is 26.7 Å². The quantitative estimate of drug-likeness (QED) is 0.746. The Morgan fingerprint density at radius 1 is 1.21 bits per heavy atom. The molecule has 1 amide bonds. The Hall–Kier alpha value is -0.810. The highest BCUT2D eigenvalue weighted by molar-refractivity contribution is 5.67. The van der Waals surface area contributed by atoms with Gasteiger partial charge in [0.05, 0.1) is 0 Å². The lowest BCUT2D eigenvalue weighted by Crippen LogP contribution is -2.50. The fraction of sp³-hybridized carbons (Fsp3) is 0.947. The predicted octanol–water partition coefficient (Wildman–Crippen LogP) is 3.25. The van der Waals surface area contributed by atoms with Gasteiger partial charge in [-0.2, -0.15) is 0 Å². The van der Waals surface area contributed by atoms with Crippen LogP contribution >= 0.6 is 0 Å². The first-order valence-corrected chi connectivity index (χ1v) is 9.47. The van der Waals surface area contributed by atoms with Crippen molar-refractivity contribution in [2.75, 3.05) is 27.2 Å². The summed E-state index contributed by atoms with van der Waals surface area (Å²) in [5.41, 5.74) is -0.440. The fourth-order valence-electron chi connectivity index (χ4n) is 3.54. The maximum atomic E-state index is 11.9. The second-order valence-corrected chi connectivity index (χ2v) is 8.72. The molecule has 0 aromatic heterocycles. The van der Waals surface area contributed by atoms with E-state index in [0.717, 1.165) is 6.54 Å². The molecule has 1 saturated carbocycles. The number of nitrogens with one attached hydrogen (secondary N) is 2. The van der Waals surface area contributed by atoms with Crippen molar-refractivity contribution in [3.8, 4) is 0 Å². The summed E-state index contributed by atoms with van der Waals surface area (Å²) in [6.07, 6.45) is 4.58. The molecule has 0 aliphatic heterocycles. The molecule has 0 aromatic rings. The molecule has 0 saturated heterocycles. The van der Waals surface area contributed by atoms with Gasteiger partial charge in [-0.25, -0.2) is 4.79 Å². The van der Waals surface area contributed by atoms with Crippen molar-refractivity contribution >= 4 is 6.09 Å². The van der Waals surface area contributed by atoms with Crippen molar-refractivity contribution in [1.82, 2.24) is 15.5 Å². The molecule has 1 aliphatic rings. The van der Waals surface area contributed by atoms with Gasteiger partial charge in [0.25, 0.3) is 0 Å². The average Bonchev–Trinajstić information content (AvgIpc) is 2.43. The van der Waals surface area contributed by atoms with Crippen molar-refractivity contribution < 1.29 is 9.53 Å². The molecule has 0 heterocycles. The first-order valence-electron chi connectivity index (χ1n) is 9.47. The number of carbonyl (C=O) groups is 1. The largest absolute Gasteiger partial charge is 0.444 e. The zero-order valence-electron chi connectivity index (χ0n) is 16.8. The first kappa shape index (κ1) is 21.2. The van der Waals surface area contributed by atoms with Gasteiger partial charge in [-0.15, -0.1) is 0 Å². The highest BCUT2D eigenvalue weighted by atomic mass is 16.6. The number of likely N-dealkylation sites (N-methyl/N-ethyl adjacent to an activating group) is 1. The summed E-state index contributed by atoms with van der Waals surface area (Å²) in [6, 6.07) is 1.02. The molecule has 0 spiro atoms. The number of alkyl carbamates (subject to hydrolysis) is 1. The Bertz CT molecular complexity index is 369. The number of amides is 1. The van der Waals surface area contributed by atoms with Gasteiger partial charge in [-0.3, -0.25) is 0 Å². The van der Waals surface area contributed by atoms with Crippen LogP contribution in [0.3, 0.4) is 0 Å². The van der Waals surface area contributed by atoms with Gasteiger partial charge in [0.15, 0.2) is 0 Å². The maximum absolute atomic E-state index is 11.9. The minimum absolute atomic E-state index is 0.305. The molecular weight excluding hydrogens is 302 g/mol. The number of carbonyl (C=O) groups excluding carboxylic acids is 1. The van der Waals surface area contributed by atoms with Crippen molar-refractivity contribution in [2.45, 2.75) is 78.0 Å². The summed E-state index contributed by atoms with van der Waals surface area (Å²) in [6.45, 7) is 11.9. The lowest BCUT2D eigenvalue weighted by atomic mass is 9.84. The molecule has 0 aromatic carbocycles. The Labute approximate surface area is 148 Å². The summed E-state index contributed by atoms with van der Waals surface area (Å²) < 4.78 is 5.35. The summed E-state index contributed by atoms with van der Waals surface area (Å²) in [4.78, 5) is 14.2. The molecular formula is C19H39N3O2. The van der Waals surface area contributed by atoms with Crippen molar-refractivity contribution in [3.05, 3.63) is 0 Å². The monoisotopic (exact) mass is 341 g/mol. The van der Waals surface area contributed by atoms with Crippen molar-refractivity contribution in [1.29, 1.82) is 0 Å². The fourth-order valence-corrected chi connectivity index (χ4v) is 3.54. The van der Waals surface area contributed by atoms with Crippen LogP contribution in [0.15, 0.2) is 0 Å². The number of ether oxygens (including phenoxy) is 1. The van der Waals surface area contributed by atoms with Crippen LogP contribution in [0.4, 0.5) is 4.79 Å². The van der Waals surface area contributed by atoms with Crippen LogP contribution in [0.1, 0.15) is 60.3 Å². The number of rotatable bonds is 7. The second-order valence-electron chi connectivity index (χ2n) is 8.72. The molecule has 5 heteroatoms. The van der Waals surface area contributed by atoms with Crippen LogP contribution in [0.5, 0.6) is 0 Å². The van der Waals surface area contributed by atoms with Gasteiger partial charge in [-0.05, 0) is 59.5 Å². The Balaban J connectivity index is 2.48. The van der Waals surface area contributed by atoms with E-state index in [-0.39, 0.29) is 6.09 Å². The molecule has 2 N–H and O–H groups in total. The number of nitrogens with zero attached hydrogens (tertiary/aromatic N) is 1. The molecule has 0 radical (unpaired) electrons. The highest BCUT2D eigenvalue weighted by Crippen LogP contribution is 2.24. The number of hydrogen-bond donors (Lipinski definition) is 2. The maximum Gasteiger partial charge on any atom is 0.407 e. The zero-order valence-corrected chi connectivity index (χ0v) is 16.8. The van der Waals surface area contributed by atoms with E-state index >= 15 is 0 Å². The van der Waals surface area contributed by atoms with E-state index in [1.54, 1.807) is 0 Å². The van der Waals surface area contributed by atoms with E-state index in [2.05, 4.69) is 43.5 Å². The van der Waals surface area contributed by atoms with Gasteiger partial charge in [0, 0.05) is 25.2 Å². The van der Waals surface area contributed by atoms with Crippen LogP contribution in [-0.2, 0) is 4.74 Å². The minimum Gasteiger partial charge on any atom is -0.444 e. The van der Waals surface area contributed by atoms with Crippen molar-refractivity contribution in [2.24, 2.45) is 11.8 Å². The molecule has 24 heavy (non-hydrogen) atoms. The van der Waals surface area contributed by atoms with E-state index < -0.39 is 5.60 Å². The third-order valence-corrected chi connectivity index (χ3v) is 4.84. The van der Waals surface area contributed by atoms with E-state index in [1.165, 1.54) is 25.7 Å². The minimum atomic E-state index is -0.440. The molecule has 1 rings (SSSR count). The van der Waals surface area contributed by atoms with Crippen LogP contribution in [0, 0.1) is 11.8 Å². The Kier molecular flexibility index (Phi) is 8.51. The van der Waals surface area contributed by atoms with Crippen molar-refractivity contribution in [3.63, 3.8) is 0 Å². The Morgan fingerprint density at radius 3 is 2.38 bits per heavy atom. The smallest absolute Gasteiger partial charge is 0.407 e. The first-order chi connectivity index (χ1) is 11.1. The lowest BCUT2D eigenvalue weighted by molar-refractivity contribution is 0.0510. The van der Waals surface area contributed by atoms with Crippen LogP contribution in [0.25, 0.3) is 0 Å². The van der Waals surface area contributed by atoms with Crippen LogP contribution in [-0.4, -0.2) is 55.9 Å². The molecule has 3 atom stereocenters. The van der Waals surface area contributed by atoms with Crippen LogP contribution in [0.2, 0.25) is 0 Å².